The molecule has 7 nitrogen and oxygen atoms in total. The molecule has 3 rings (SSSR count). The molecule has 24 heavy (non-hydrogen) atoms. The van der Waals surface area contributed by atoms with Gasteiger partial charge in [0, 0.05) is 32.1 Å². The first kappa shape index (κ1) is 16.5. The molecular weight excluding hydrogens is 310 g/mol. The van der Waals surface area contributed by atoms with Crippen LogP contribution < -0.4 is 9.64 Å². The Morgan fingerprint density at radius 1 is 1.21 bits per heavy atom. The first-order valence-electron chi connectivity index (χ1n) is 8.46. The van der Waals surface area contributed by atoms with E-state index < -0.39 is 0 Å². The minimum atomic E-state index is -0.381. The zero-order chi connectivity index (χ0) is 17.1. The molecule has 2 aliphatic rings. The number of methoxy groups -OCH3 is 1. The Hall–Kier alpha value is -2.31. The van der Waals surface area contributed by atoms with E-state index in [9.17, 15) is 14.9 Å². The number of ether oxygens (including phenoxy) is 1. The fourth-order valence-electron chi connectivity index (χ4n) is 3.64. The minimum absolute atomic E-state index is 0.0462. The zero-order valence-electron chi connectivity index (χ0n) is 13.9. The number of nitrogens with zero attached hydrogens (tertiary/aromatic N) is 3. The van der Waals surface area contributed by atoms with Crippen molar-refractivity contribution in [2.75, 3.05) is 38.2 Å². The second-order valence-electron chi connectivity index (χ2n) is 6.41. The van der Waals surface area contributed by atoms with Gasteiger partial charge in [-0.3, -0.25) is 14.9 Å². The lowest BCUT2D eigenvalue weighted by atomic mass is 10.1. The number of piperazine rings is 1. The van der Waals surface area contributed by atoms with E-state index in [0.29, 0.717) is 37.6 Å². The smallest absolute Gasteiger partial charge is 0.296 e. The van der Waals surface area contributed by atoms with Gasteiger partial charge in [0.1, 0.15) is 11.4 Å². The normalized spacial score (nSPS) is 18.7. The molecule has 1 heterocycles. The van der Waals surface area contributed by atoms with E-state index in [-0.39, 0.29) is 22.4 Å². The van der Waals surface area contributed by atoms with E-state index in [4.69, 9.17) is 4.74 Å². The van der Waals surface area contributed by atoms with Crippen LogP contribution in [0.25, 0.3) is 0 Å². The zero-order valence-corrected chi connectivity index (χ0v) is 13.9. The third-order valence-corrected chi connectivity index (χ3v) is 5.02. The molecule has 1 amide bonds. The maximum Gasteiger partial charge on any atom is 0.296 e. The first-order chi connectivity index (χ1) is 11.6. The quantitative estimate of drug-likeness (QED) is 0.625. The highest BCUT2D eigenvalue weighted by atomic mass is 16.6. The van der Waals surface area contributed by atoms with Crippen LogP contribution in [0, 0.1) is 16.0 Å². The highest BCUT2D eigenvalue weighted by molar-refractivity contribution is 5.79. The molecule has 0 bridgehead atoms. The van der Waals surface area contributed by atoms with Crippen molar-refractivity contribution in [1.82, 2.24) is 4.90 Å². The van der Waals surface area contributed by atoms with Crippen molar-refractivity contribution in [3.63, 3.8) is 0 Å². The van der Waals surface area contributed by atoms with Gasteiger partial charge in [-0.05, 0) is 25.0 Å². The Balaban J connectivity index is 1.68. The van der Waals surface area contributed by atoms with E-state index in [2.05, 4.69) is 0 Å². The third-order valence-electron chi connectivity index (χ3n) is 5.02. The molecule has 0 radical (unpaired) electrons. The van der Waals surface area contributed by atoms with Crippen LogP contribution in [-0.2, 0) is 4.79 Å². The van der Waals surface area contributed by atoms with Crippen molar-refractivity contribution in [1.29, 1.82) is 0 Å². The number of carbonyl (C=O) groups is 1. The van der Waals surface area contributed by atoms with Gasteiger partial charge >= 0.3 is 0 Å². The van der Waals surface area contributed by atoms with Crippen molar-refractivity contribution < 1.29 is 14.5 Å². The number of rotatable bonds is 4. The number of hydrogen-bond acceptors (Lipinski definition) is 5. The van der Waals surface area contributed by atoms with Gasteiger partial charge < -0.3 is 14.5 Å². The standard InChI is InChI=1S/C17H23N3O4/c1-24-14-6-7-15(16(12-14)20(22)23)18-8-10-19(11-9-18)17(21)13-4-2-3-5-13/h6-7,12-13H,2-5,8-11H2,1H3. The second-order valence-corrected chi connectivity index (χ2v) is 6.41. The summed E-state index contributed by atoms with van der Waals surface area (Å²) in [6.07, 6.45) is 4.30. The molecule has 0 atom stereocenters. The van der Waals surface area contributed by atoms with Crippen LogP contribution in [0.15, 0.2) is 18.2 Å². The van der Waals surface area contributed by atoms with Gasteiger partial charge in [-0.25, -0.2) is 0 Å². The van der Waals surface area contributed by atoms with Gasteiger partial charge in [0.2, 0.25) is 5.91 Å². The van der Waals surface area contributed by atoms with Crippen LogP contribution >= 0.6 is 0 Å². The predicted molar refractivity (Wildman–Crippen MR) is 90.4 cm³/mol. The molecule has 0 spiro atoms. The Bertz CT molecular complexity index is 620. The van der Waals surface area contributed by atoms with Gasteiger partial charge in [-0.15, -0.1) is 0 Å². The van der Waals surface area contributed by atoms with E-state index >= 15 is 0 Å². The Kier molecular flexibility index (Phi) is 4.87. The molecule has 1 aromatic rings. The van der Waals surface area contributed by atoms with E-state index in [0.717, 1.165) is 25.7 Å². The van der Waals surface area contributed by atoms with E-state index in [1.807, 2.05) is 9.80 Å². The summed E-state index contributed by atoms with van der Waals surface area (Å²) >= 11 is 0. The molecule has 1 saturated carbocycles. The fourth-order valence-corrected chi connectivity index (χ4v) is 3.64. The van der Waals surface area contributed by atoms with Gasteiger partial charge in [-0.1, -0.05) is 12.8 Å². The maximum atomic E-state index is 12.5. The average Bonchev–Trinajstić information content (AvgIpc) is 3.15. The number of nitro groups is 1. The van der Waals surface area contributed by atoms with Crippen LogP contribution in [0.4, 0.5) is 11.4 Å². The van der Waals surface area contributed by atoms with Crippen molar-refractivity contribution in [2.45, 2.75) is 25.7 Å². The monoisotopic (exact) mass is 333 g/mol. The molecule has 1 aliphatic carbocycles. The highest BCUT2D eigenvalue weighted by Gasteiger charge is 2.31. The van der Waals surface area contributed by atoms with Crippen LogP contribution in [-0.4, -0.2) is 49.0 Å². The Morgan fingerprint density at radius 2 is 1.88 bits per heavy atom. The lowest BCUT2D eigenvalue weighted by molar-refractivity contribution is -0.384. The van der Waals surface area contributed by atoms with Crippen LogP contribution in [0.2, 0.25) is 0 Å². The summed E-state index contributed by atoms with van der Waals surface area (Å²) in [4.78, 5) is 27.3. The predicted octanol–water partition coefficient (Wildman–Crippen LogP) is 2.44. The average molecular weight is 333 g/mol. The first-order valence-corrected chi connectivity index (χ1v) is 8.46. The van der Waals surface area contributed by atoms with Crippen LogP contribution in [0.3, 0.4) is 0 Å². The van der Waals surface area contributed by atoms with Crippen molar-refractivity contribution >= 4 is 17.3 Å². The Morgan fingerprint density at radius 3 is 2.46 bits per heavy atom. The van der Waals surface area contributed by atoms with Gasteiger partial charge in [0.05, 0.1) is 18.1 Å². The SMILES string of the molecule is COc1ccc(N2CCN(C(=O)C3CCCC3)CC2)c([N+](=O)[O-])c1. The minimum Gasteiger partial charge on any atom is -0.496 e. The van der Waals surface area contributed by atoms with Crippen LogP contribution in [0.1, 0.15) is 25.7 Å². The number of carbonyl (C=O) groups excluding carboxylic acids is 1. The van der Waals surface area contributed by atoms with Crippen molar-refractivity contribution in [3.05, 3.63) is 28.3 Å². The lowest BCUT2D eigenvalue weighted by Crippen LogP contribution is -2.50. The molecular formula is C17H23N3O4. The number of benzene rings is 1. The number of amides is 1. The topological polar surface area (TPSA) is 75.9 Å². The van der Waals surface area contributed by atoms with Crippen molar-refractivity contribution in [3.8, 4) is 5.75 Å². The van der Waals surface area contributed by atoms with Gasteiger partial charge in [0.25, 0.3) is 5.69 Å². The number of nitro benzene ring substituents is 1. The molecule has 0 unspecified atom stereocenters. The summed E-state index contributed by atoms with van der Waals surface area (Å²) in [6.45, 7) is 2.48. The summed E-state index contributed by atoms with van der Waals surface area (Å²) in [5.41, 5.74) is 0.638. The van der Waals surface area contributed by atoms with Gasteiger partial charge in [0.15, 0.2) is 0 Å². The maximum absolute atomic E-state index is 12.5. The highest BCUT2D eigenvalue weighted by Crippen LogP contribution is 2.33. The summed E-state index contributed by atoms with van der Waals surface area (Å²) in [5, 5.41) is 11.3. The number of anilines is 1. The van der Waals surface area contributed by atoms with E-state index in [1.165, 1.54) is 13.2 Å². The molecule has 1 aromatic carbocycles. The van der Waals surface area contributed by atoms with Crippen molar-refractivity contribution in [2.24, 2.45) is 5.92 Å². The summed E-state index contributed by atoms with van der Waals surface area (Å²) in [7, 11) is 1.49. The fraction of sp³-hybridized carbons (Fsp3) is 0.588. The Labute approximate surface area is 141 Å². The molecule has 2 fully saturated rings. The molecule has 7 heteroatoms. The third kappa shape index (κ3) is 3.29. The largest absolute Gasteiger partial charge is 0.496 e. The molecule has 1 saturated heterocycles. The molecule has 1 aliphatic heterocycles. The summed E-state index contributed by atoms with van der Waals surface area (Å²) < 4.78 is 5.08. The van der Waals surface area contributed by atoms with Crippen LogP contribution in [0.5, 0.6) is 5.75 Å². The summed E-state index contributed by atoms with van der Waals surface area (Å²) in [5.74, 6) is 0.920. The van der Waals surface area contributed by atoms with Gasteiger partial charge in [-0.2, -0.15) is 0 Å². The second kappa shape index (κ2) is 7.07. The van der Waals surface area contributed by atoms with E-state index in [1.54, 1.807) is 12.1 Å². The summed E-state index contributed by atoms with van der Waals surface area (Å²) in [6, 6.07) is 4.91. The lowest BCUT2D eigenvalue weighted by Gasteiger charge is -2.37. The molecule has 130 valence electrons. The molecule has 0 N–H and O–H groups in total. The number of hydrogen-bond donors (Lipinski definition) is 0. The molecule has 0 aromatic heterocycles.